The third-order valence-electron chi connectivity index (χ3n) is 1.70. The van der Waals surface area contributed by atoms with Gasteiger partial charge in [-0.3, -0.25) is 4.68 Å². The molecule has 3 nitrogen and oxygen atoms in total. The summed E-state index contributed by atoms with van der Waals surface area (Å²) in [6.45, 7) is 2.90. The molecule has 0 fully saturated rings. The number of nitrogens with zero attached hydrogens (tertiary/aromatic N) is 3. The molecule has 12 heavy (non-hydrogen) atoms. The first-order valence-electron chi connectivity index (χ1n) is 4.20. The summed E-state index contributed by atoms with van der Waals surface area (Å²) in [4.78, 5) is 0. The van der Waals surface area contributed by atoms with Crippen LogP contribution in [0, 0.1) is 18.3 Å². The molecule has 0 aliphatic rings. The third-order valence-corrected chi connectivity index (χ3v) is 1.70. The summed E-state index contributed by atoms with van der Waals surface area (Å²) < 4.78 is 1.92. The largest absolute Gasteiger partial charge is 0.273 e. The van der Waals surface area contributed by atoms with Crippen LogP contribution in [0.3, 0.4) is 0 Å². The average Bonchev–Trinajstić information content (AvgIpc) is 2.45. The fraction of sp³-hybridized carbons (Fsp3) is 0.556. The fourth-order valence-electron chi connectivity index (χ4n) is 1.07. The lowest BCUT2D eigenvalue weighted by molar-refractivity contribution is 0.559. The van der Waals surface area contributed by atoms with Gasteiger partial charge in [0.2, 0.25) is 0 Å². The Morgan fingerprint density at radius 3 is 3.00 bits per heavy atom. The first-order chi connectivity index (χ1) is 5.83. The van der Waals surface area contributed by atoms with E-state index in [0.717, 1.165) is 25.1 Å². The van der Waals surface area contributed by atoms with Crippen molar-refractivity contribution in [3.05, 3.63) is 18.0 Å². The number of rotatable bonds is 4. The van der Waals surface area contributed by atoms with Crippen LogP contribution in [0.1, 0.15) is 25.0 Å². The smallest absolute Gasteiger partial charge is 0.0621 e. The van der Waals surface area contributed by atoms with E-state index in [4.69, 9.17) is 5.26 Å². The molecule has 0 saturated heterocycles. The van der Waals surface area contributed by atoms with E-state index in [1.54, 1.807) is 0 Å². The maximum Gasteiger partial charge on any atom is 0.0621 e. The van der Waals surface area contributed by atoms with Gasteiger partial charge in [-0.2, -0.15) is 10.4 Å². The molecule has 0 amide bonds. The predicted octanol–water partition coefficient (Wildman–Crippen LogP) is 1.89. The van der Waals surface area contributed by atoms with Gasteiger partial charge in [-0.1, -0.05) is 0 Å². The standard InChI is InChI=1S/C9H13N3/c1-9-5-8-12(11-9)7-4-2-3-6-10/h5,8H,2-4,7H2,1H3. The zero-order valence-electron chi connectivity index (χ0n) is 7.32. The molecule has 0 aliphatic carbocycles. The van der Waals surface area contributed by atoms with E-state index in [0.29, 0.717) is 6.42 Å². The van der Waals surface area contributed by atoms with Crippen LogP contribution < -0.4 is 0 Å². The minimum Gasteiger partial charge on any atom is -0.273 e. The lowest BCUT2D eigenvalue weighted by Crippen LogP contribution is -1.98. The number of hydrogen-bond donors (Lipinski definition) is 0. The molecule has 0 bridgehead atoms. The Balaban J connectivity index is 2.21. The molecule has 64 valence electrons. The van der Waals surface area contributed by atoms with Crippen molar-refractivity contribution in [1.29, 1.82) is 5.26 Å². The Morgan fingerprint density at radius 2 is 2.42 bits per heavy atom. The molecule has 0 radical (unpaired) electrons. The molecule has 0 aromatic carbocycles. The summed E-state index contributed by atoms with van der Waals surface area (Å²) in [5, 5.41) is 12.5. The normalized spacial score (nSPS) is 9.67. The molecular weight excluding hydrogens is 150 g/mol. The molecule has 0 atom stereocenters. The SMILES string of the molecule is Cc1ccn(CCCCC#N)n1. The second-order valence-electron chi connectivity index (χ2n) is 2.84. The van der Waals surface area contributed by atoms with E-state index < -0.39 is 0 Å². The molecule has 1 aromatic rings. The van der Waals surface area contributed by atoms with Crippen LogP contribution in [-0.2, 0) is 6.54 Å². The Hall–Kier alpha value is -1.30. The summed E-state index contributed by atoms with van der Waals surface area (Å²) in [5.74, 6) is 0. The van der Waals surface area contributed by atoms with Crippen LogP contribution in [0.25, 0.3) is 0 Å². The van der Waals surface area contributed by atoms with Crippen LogP contribution >= 0.6 is 0 Å². The number of unbranched alkanes of at least 4 members (excludes halogenated alkanes) is 2. The predicted molar refractivity (Wildman–Crippen MR) is 46.4 cm³/mol. The van der Waals surface area contributed by atoms with E-state index in [2.05, 4.69) is 11.2 Å². The highest BCUT2D eigenvalue weighted by Gasteiger charge is 1.92. The number of aryl methyl sites for hydroxylation is 2. The topological polar surface area (TPSA) is 41.6 Å². The highest BCUT2D eigenvalue weighted by atomic mass is 15.3. The molecule has 0 unspecified atom stereocenters. The van der Waals surface area contributed by atoms with Crippen LogP contribution in [0.4, 0.5) is 0 Å². The van der Waals surface area contributed by atoms with Crippen molar-refractivity contribution in [3.63, 3.8) is 0 Å². The van der Waals surface area contributed by atoms with Crippen molar-refractivity contribution < 1.29 is 0 Å². The van der Waals surface area contributed by atoms with E-state index in [1.165, 1.54) is 0 Å². The molecule has 1 rings (SSSR count). The Labute approximate surface area is 72.6 Å². The van der Waals surface area contributed by atoms with Crippen molar-refractivity contribution in [2.24, 2.45) is 0 Å². The molecule has 1 heterocycles. The fourth-order valence-corrected chi connectivity index (χ4v) is 1.07. The first kappa shape index (κ1) is 8.79. The Kier molecular flexibility index (Phi) is 3.34. The highest BCUT2D eigenvalue weighted by Crippen LogP contribution is 1.98. The van der Waals surface area contributed by atoms with Crippen LogP contribution in [0.2, 0.25) is 0 Å². The number of nitriles is 1. The van der Waals surface area contributed by atoms with Gasteiger partial charge >= 0.3 is 0 Å². The summed E-state index contributed by atoms with van der Waals surface area (Å²) in [5.41, 5.74) is 1.05. The van der Waals surface area contributed by atoms with Gasteiger partial charge in [0.05, 0.1) is 11.8 Å². The lowest BCUT2D eigenvalue weighted by Gasteiger charge is -1.97. The molecule has 0 aliphatic heterocycles. The Bertz CT molecular complexity index is 270. The average molecular weight is 163 g/mol. The first-order valence-corrected chi connectivity index (χ1v) is 4.20. The second kappa shape index (κ2) is 4.55. The van der Waals surface area contributed by atoms with E-state index in [1.807, 2.05) is 23.9 Å². The van der Waals surface area contributed by atoms with Gasteiger partial charge in [0.25, 0.3) is 0 Å². The molecule has 0 spiro atoms. The Morgan fingerprint density at radius 1 is 1.58 bits per heavy atom. The van der Waals surface area contributed by atoms with Gasteiger partial charge in [-0.25, -0.2) is 0 Å². The van der Waals surface area contributed by atoms with Crippen molar-refractivity contribution >= 4 is 0 Å². The summed E-state index contributed by atoms with van der Waals surface area (Å²) in [6.07, 6.45) is 4.63. The minimum atomic E-state index is 0.653. The third kappa shape index (κ3) is 2.75. The zero-order chi connectivity index (χ0) is 8.81. The van der Waals surface area contributed by atoms with Gasteiger partial charge in [0.1, 0.15) is 0 Å². The van der Waals surface area contributed by atoms with Crippen molar-refractivity contribution in [2.45, 2.75) is 32.7 Å². The zero-order valence-corrected chi connectivity index (χ0v) is 7.32. The quantitative estimate of drug-likeness (QED) is 0.636. The van der Waals surface area contributed by atoms with Crippen molar-refractivity contribution in [3.8, 4) is 6.07 Å². The maximum absolute atomic E-state index is 8.30. The van der Waals surface area contributed by atoms with Crippen molar-refractivity contribution in [1.82, 2.24) is 9.78 Å². The molecular formula is C9H13N3. The summed E-state index contributed by atoms with van der Waals surface area (Å²) >= 11 is 0. The molecule has 0 N–H and O–H groups in total. The van der Waals surface area contributed by atoms with Gasteiger partial charge in [-0.05, 0) is 25.8 Å². The van der Waals surface area contributed by atoms with Gasteiger partial charge in [-0.15, -0.1) is 0 Å². The van der Waals surface area contributed by atoms with Crippen LogP contribution in [0.15, 0.2) is 12.3 Å². The highest BCUT2D eigenvalue weighted by molar-refractivity contribution is 4.94. The van der Waals surface area contributed by atoms with E-state index in [-0.39, 0.29) is 0 Å². The monoisotopic (exact) mass is 163 g/mol. The van der Waals surface area contributed by atoms with E-state index in [9.17, 15) is 0 Å². The van der Waals surface area contributed by atoms with E-state index >= 15 is 0 Å². The lowest BCUT2D eigenvalue weighted by atomic mass is 10.2. The molecule has 0 saturated carbocycles. The van der Waals surface area contributed by atoms with Gasteiger partial charge in [0.15, 0.2) is 0 Å². The maximum atomic E-state index is 8.30. The molecule has 1 aromatic heterocycles. The number of hydrogen-bond acceptors (Lipinski definition) is 2. The van der Waals surface area contributed by atoms with Gasteiger partial charge < -0.3 is 0 Å². The minimum absolute atomic E-state index is 0.653. The van der Waals surface area contributed by atoms with Crippen LogP contribution in [-0.4, -0.2) is 9.78 Å². The van der Waals surface area contributed by atoms with Crippen LogP contribution in [0.5, 0.6) is 0 Å². The molecule has 3 heteroatoms. The van der Waals surface area contributed by atoms with Gasteiger partial charge in [0, 0.05) is 19.2 Å². The summed E-state index contributed by atoms with van der Waals surface area (Å²) in [7, 11) is 0. The number of aromatic nitrogens is 2. The van der Waals surface area contributed by atoms with Crippen molar-refractivity contribution in [2.75, 3.05) is 0 Å². The summed E-state index contributed by atoms with van der Waals surface area (Å²) in [6, 6.07) is 4.12. The second-order valence-corrected chi connectivity index (χ2v) is 2.84.